The van der Waals surface area contributed by atoms with Gasteiger partial charge in [0.2, 0.25) is 70.9 Å². The maximum atomic E-state index is 15.1. The van der Waals surface area contributed by atoms with Gasteiger partial charge in [-0.15, -0.1) is 11.8 Å². The minimum Gasteiger partial charge on any atom is -0.550 e. The molecular weight excluding hydrogens is 1450 g/mol. The van der Waals surface area contributed by atoms with E-state index in [2.05, 4.69) is 73.4 Å². The fourth-order valence-electron chi connectivity index (χ4n) is 12.0. The predicted molar refractivity (Wildman–Crippen MR) is 404 cm³/mol. The van der Waals surface area contributed by atoms with Crippen molar-refractivity contribution < 1.29 is 91.4 Å². The first-order valence-corrected chi connectivity index (χ1v) is 38.5. The topological polar surface area (TPSA) is 560 Å². The van der Waals surface area contributed by atoms with Crippen molar-refractivity contribution in [3.8, 4) is 0 Å². The second-order valence-electron chi connectivity index (χ2n) is 29.7. The van der Waals surface area contributed by atoms with Gasteiger partial charge < -0.3 is 105 Å². The molecule has 1 aromatic heterocycles. The molecule has 0 radical (unpaired) electrons. The third-order valence-electron chi connectivity index (χ3n) is 18.9. The maximum absolute atomic E-state index is 15.1. The summed E-state index contributed by atoms with van der Waals surface area (Å²) in [4.78, 5) is 223. The third-order valence-corrected chi connectivity index (χ3v) is 20.1. The fourth-order valence-corrected chi connectivity index (χ4v) is 13.2. The molecule has 19 N–H and O–H groups in total. The van der Waals surface area contributed by atoms with Gasteiger partial charge in [-0.3, -0.25) is 72.1 Å². The van der Waals surface area contributed by atoms with Gasteiger partial charge in [0.25, 0.3) is 0 Å². The van der Waals surface area contributed by atoms with Crippen LogP contribution in [0.25, 0.3) is 0 Å². The summed E-state index contributed by atoms with van der Waals surface area (Å²) in [6.07, 6.45) is -1.79. The van der Waals surface area contributed by atoms with Crippen molar-refractivity contribution in [1.82, 2.24) is 68.5 Å². The number of rotatable bonds is 36. The van der Waals surface area contributed by atoms with E-state index in [1.807, 2.05) is 13.8 Å². The Morgan fingerprint density at radius 1 is 0.709 bits per heavy atom. The first-order chi connectivity index (χ1) is 51.9. The Morgan fingerprint density at radius 2 is 1.31 bits per heavy atom. The molecule has 36 nitrogen and oxygen atoms in total. The van der Waals surface area contributed by atoms with Crippen LogP contribution in [0.4, 0.5) is 0 Å². The largest absolute Gasteiger partial charge is 0.550 e. The molecule has 1 unspecified atom stereocenters. The average Bonchev–Trinajstić information content (AvgIpc) is 1.33. The Hall–Kier alpha value is -9.62. The van der Waals surface area contributed by atoms with E-state index in [0.29, 0.717) is 10.6 Å². The van der Waals surface area contributed by atoms with E-state index >= 15 is 14.4 Å². The maximum Gasteiger partial charge on any atom is 0.306 e. The number of hydrogen-bond donors (Lipinski definition) is 16. The number of primary amides is 1. The van der Waals surface area contributed by atoms with Gasteiger partial charge in [-0.05, 0) is 80.7 Å². The molecular formula is C73H116N18O18S. The summed E-state index contributed by atoms with van der Waals surface area (Å²) in [6.45, 7) is 14.0. The lowest BCUT2D eigenvalue weighted by molar-refractivity contribution is -0.873. The van der Waals surface area contributed by atoms with Crippen LogP contribution in [0.1, 0.15) is 157 Å². The molecule has 12 amide bonds. The zero-order chi connectivity index (χ0) is 82.1. The number of likely N-dealkylation sites (N-methyl/N-ethyl adjacent to an activating group) is 1. The number of carbonyl (C=O) groups excluding carboxylic acids is 14. The molecule has 3 heterocycles. The number of esters is 1. The Labute approximate surface area is 645 Å². The summed E-state index contributed by atoms with van der Waals surface area (Å²) in [5, 5.41) is 51.3. The number of aromatic nitrogens is 2. The second-order valence-corrected chi connectivity index (χ2v) is 30.8. The Kier molecular flexibility index (Phi) is 38.9. The van der Waals surface area contributed by atoms with Crippen LogP contribution >= 0.6 is 11.8 Å². The van der Waals surface area contributed by atoms with Crippen LogP contribution in [0.15, 0.2) is 47.8 Å². The Balaban J connectivity index is 1.83. The molecule has 0 aliphatic carbocycles. The lowest BCUT2D eigenvalue weighted by Crippen LogP contribution is -2.62. The van der Waals surface area contributed by atoms with E-state index in [1.54, 1.807) is 93.0 Å². The highest BCUT2D eigenvalue weighted by Crippen LogP contribution is 2.25. The number of carboxylic acid groups (broad SMARTS) is 2. The number of aliphatic imine (C=N–C) groups is 1. The van der Waals surface area contributed by atoms with Gasteiger partial charge in [-0.1, -0.05) is 105 Å². The number of amides is 12. The summed E-state index contributed by atoms with van der Waals surface area (Å²) in [7, 11) is 5.23. The van der Waals surface area contributed by atoms with Crippen LogP contribution in [-0.2, 0) is 89.5 Å². The molecule has 0 saturated carbocycles. The molecule has 4 rings (SSSR count). The van der Waals surface area contributed by atoms with Crippen molar-refractivity contribution >= 4 is 106 Å². The van der Waals surface area contributed by atoms with Crippen LogP contribution in [-0.4, -0.2) is 239 Å². The highest BCUT2D eigenvalue weighted by atomic mass is 32.2. The van der Waals surface area contributed by atoms with Gasteiger partial charge in [0.1, 0.15) is 73.0 Å². The molecule has 1 aromatic carbocycles. The molecule has 2 aromatic rings. The molecule has 612 valence electrons. The van der Waals surface area contributed by atoms with Crippen molar-refractivity contribution in [3.05, 3.63) is 54.1 Å². The summed E-state index contributed by atoms with van der Waals surface area (Å²) < 4.78 is 5.79. The average molecular weight is 1570 g/mol. The Bertz CT molecular complexity index is 3490. The SMILES string of the molecule is CC[C@H](C)[C@H](N)C1=N[C@H](C(=O)N[C@@H](CC(C)C)C(=O)N[C@H](CCC(=O)OC(CC(=O)[O-])C[N+](C)(C)C)C(=O)N[C@H](C(=O)N[C@H]2CCCCNC(=O)[C@H](CC(N)=O)NC(=O)[C@@H](CC(=O)O)NC(=O)[C@H](Cc3cnc[nH]3)NC(=O)[C@@H](Cc3ccccc3)NC(=O)[C@H]([C@@H](C)CC)NC(=O)[C@@H](CCCN)NC2=O)[C@@H](C)CC)CS1. The molecule has 0 spiro atoms. The number of benzene rings is 1. The molecule has 2 aliphatic rings. The van der Waals surface area contributed by atoms with Crippen molar-refractivity contribution in [3.63, 3.8) is 0 Å². The lowest BCUT2D eigenvalue weighted by Gasteiger charge is -2.31. The van der Waals surface area contributed by atoms with Gasteiger partial charge in [0, 0.05) is 55.8 Å². The smallest absolute Gasteiger partial charge is 0.306 e. The number of thioether (sulfide) groups is 1. The monoisotopic (exact) mass is 1560 g/mol. The number of carbonyl (C=O) groups is 15. The number of aromatic amines is 1. The van der Waals surface area contributed by atoms with Gasteiger partial charge in [-0.2, -0.15) is 0 Å². The number of nitrogens with one attached hydrogen (secondary N) is 12. The number of nitrogens with zero attached hydrogens (tertiary/aromatic N) is 3. The molecule has 0 bridgehead atoms. The number of hydrogen-bond acceptors (Lipinski definition) is 22. The second kappa shape index (κ2) is 46.1. The molecule has 1 saturated heterocycles. The lowest BCUT2D eigenvalue weighted by atomic mass is 9.96. The van der Waals surface area contributed by atoms with Crippen LogP contribution in [0.2, 0.25) is 0 Å². The summed E-state index contributed by atoms with van der Waals surface area (Å²) in [5.74, 6) is -17.0. The number of aliphatic carboxylic acids is 2. The first-order valence-electron chi connectivity index (χ1n) is 37.6. The van der Waals surface area contributed by atoms with Crippen LogP contribution in [0.3, 0.4) is 0 Å². The summed E-state index contributed by atoms with van der Waals surface area (Å²) in [6, 6.07) is -8.81. The zero-order valence-electron chi connectivity index (χ0n) is 64.9. The van der Waals surface area contributed by atoms with Gasteiger partial charge in [0.15, 0.2) is 6.10 Å². The van der Waals surface area contributed by atoms with E-state index in [4.69, 9.17) is 21.9 Å². The number of quaternary nitrogens is 1. The molecule has 110 heavy (non-hydrogen) atoms. The quantitative estimate of drug-likeness (QED) is 0.0239. The van der Waals surface area contributed by atoms with Crippen LogP contribution in [0.5, 0.6) is 0 Å². The molecule has 1 fully saturated rings. The summed E-state index contributed by atoms with van der Waals surface area (Å²) >= 11 is 1.33. The molecule has 16 atom stereocenters. The normalized spacial score (nSPS) is 22.5. The highest BCUT2D eigenvalue weighted by Gasteiger charge is 2.40. The Morgan fingerprint density at radius 3 is 1.89 bits per heavy atom. The van der Waals surface area contributed by atoms with Crippen molar-refractivity contribution in [1.29, 1.82) is 0 Å². The third kappa shape index (κ3) is 32.1. The fraction of sp³-hybridized carbons (Fsp3) is 0.658. The number of nitrogens with two attached hydrogens (primary N) is 3. The number of H-pyrrole nitrogens is 1. The highest BCUT2D eigenvalue weighted by molar-refractivity contribution is 8.14. The number of ether oxygens (including phenoxy) is 1. The minimum absolute atomic E-state index is 0.00500. The molecule has 37 heteroatoms. The first kappa shape index (κ1) is 92.8. The van der Waals surface area contributed by atoms with E-state index < -0.39 is 211 Å². The van der Waals surface area contributed by atoms with Crippen molar-refractivity contribution in [2.24, 2.45) is 45.9 Å². The van der Waals surface area contributed by atoms with Gasteiger partial charge in [0.05, 0.1) is 51.4 Å². The number of imidazole rings is 1. The van der Waals surface area contributed by atoms with E-state index in [1.165, 1.54) is 24.3 Å². The van der Waals surface area contributed by atoms with Gasteiger partial charge >= 0.3 is 11.9 Å². The minimum atomic E-state index is -1.96. The van der Waals surface area contributed by atoms with Gasteiger partial charge in [-0.25, -0.2) is 4.98 Å². The zero-order valence-corrected chi connectivity index (χ0v) is 65.7. The van der Waals surface area contributed by atoms with E-state index in [9.17, 15) is 67.7 Å². The van der Waals surface area contributed by atoms with Crippen LogP contribution in [0, 0.1) is 23.7 Å². The number of carboxylic acids is 2. The van der Waals surface area contributed by atoms with E-state index in [0.717, 1.165) is 6.42 Å². The van der Waals surface area contributed by atoms with E-state index in [-0.39, 0.29) is 112 Å². The standard InChI is InChI=1S/C73H116N18O18S/c1-12-40(6)59(76)73-88-54(37-110-73)70(106)83-49(29-39(4)5)66(102)81-48(25-26-58(97)109-45(32-56(93)94)36-91(9,10)11)65(101)90-60(41(7)13-2)71(107)82-46-23-18-19-28-78-62(98)52(33-55(75)92)85-69(105)53(34-57(95)96)86-68(104)51(31-44-35-77-38-79-44)84-67(103)50(30-43-21-16-15-17-22-43)87-72(108)61(42(8)14-3)89-64(100)47(24-20-27-74)80-63(46)99/h15-17,21-22,35,38-42,45-54,59-61H,12-14,18-20,23-34,36-37,74,76H2,1-11H3,(H15-,75,77,78,79,80,81,82,83,84,85,86,87,89,90,92,93,94,95,96,98,99,100,101,102,103,104,105,106,107,108)/t40-,41-,42-,45?,46-,47+,48+,49-,50+,51-,52-,53+,54-,59-,60-,61-/m0/s1. The summed E-state index contributed by atoms with van der Waals surface area (Å²) in [5.41, 5.74) is 18.8. The van der Waals surface area contributed by atoms with Crippen molar-refractivity contribution in [2.75, 3.05) is 46.5 Å². The van der Waals surface area contributed by atoms with Crippen LogP contribution < -0.4 is 80.8 Å². The molecule has 2 aliphatic heterocycles. The predicted octanol–water partition coefficient (Wildman–Crippen LogP) is -3.00. The van der Waals surface area contributed by atoms with Crippen molar-refractivity contribution in [2.45, 2.75) is 237 Å².